The van der Waals surface area contributed by atoms with Crippen molar-refractivity contribution in [2.45, 2.75) is 26.0 Å². The van der Waals surface area contributed by atoms with Gasteiger partial charge in [-0.3, -0.25) is 4.79 Å². The van der Waals surface area contributed by atoms with Crippen LogP contribution in [-0.4, -0.2) is 31.6 Å². The number of carbonyl (C=O) groups excluding carboxylic acids is 1. The Labute approximate surface area is 133 Å². The molecule has 2 atom stereocenters. The van der Waals surface area contributed by atoms with Crippen LogP contribution in [0.3, 0.4) is 0 Å². The SMILES string of the molecule is CNC(C)CNC(=O)C(C)Oc1ccc(F)cc1Br.Cl. The standard InChI is InChI=1S/C13H18BrFN2O2.ClH/c1-8(16-3)7-17-13(18)9(2)19-12-5-4-10(15)6-11(12)14;/h4-6,8-9,16H,7H2,1-3H3,(H,17,18);1H. The fourth-order valence-corrected chi connectivity index (χ4v) is 1.76. The number of likely N-dealkylation sites (N-methyl/N-ethyl adjacent to an activating group) is 1. The number of amides is 1. The lowest BCUT2D eigenvalue weighted by molar-refractivity contribution is -0.127. The van der Waals surface area contributed by atoms with E-state index in [4.69, 9.17) is 4.74 Å². The van der Waals surface area contributed by atoms with Gasteiger partial charge in [-0.25, -0.2) is 4.39 Å². The molecular weight excluding hydrogens is 351 g/mol. The van der Waals surface area contributed by atoms with Gasteiger partial charge in [0.05, 0.1) is 4.47 Å². The smallest absolute Gasteiger partial charge is 0.260 e. The molecule has 0 aliphatic rings. The summed E-state index contributed by atoms with van der Waals surface area (Å²) in [4.78, 5) is 11.8. The molecule has 0 spiro atoms. The van der Waals surface area contributed by atoms with Crippen LogP contribution in [0.4, 0.5) is 4.39 Å². The second kappa shape index (κ2) is 9.15. The third-order valence-electron chi connectivity index (χ3n) is 2.64. The highest BCUT2D eigenvalue weighted by Gasteiger charge is 2.16. The van der Waals surface area contributed by atoms with Gasteiger partial charge in [0.25, 0.3) is 5.91 Å². The van der Waals surface area contributed by atoms with Crippen molar-refractivity contribution in [3.05, 3.63) is 28.5 Å². The summed E-state index contributed by atoms with van der Waals surface area (Å²) in [6, 6.07) is 4.25. The Morgan fingerprint density at radius 1 is 1.45 bits per heavy atom. The normalized spacial score (nSPS) is 13.1. The van der Waals surface area contributed by atoms with E-state index in [1.54, 1.807) is 6.92 Å². The van der Waals surface area contributed by atoms with Gasteiger partial charge in [0, 0.05) is 12.6 Å². The molecule has 0 fully saturated rings. The number of ether oxygens (including phenoxy) is 1. The van der Waals surface area contributed by atoms with E-state index >= 15 is 0 Å². The Morgan fingerprint density at radius 3 is 2.65 bits per heavy atom. The van der Waals surface area contributed by atoms with Crippen LogP contribution in [0, 0.1) is 5.82 Å². The van der Waals surface area contributed by atoms with Crippen molar-refractivity contribution in [3.63, 3.8) is 0 Å². The summed E-state index contributed by atoms with van der Waals surface area (Å²) in [5.74, 6) is -0.136. The first-order valence-electron chi connectivity index (χ1n) is 6.00. The second-order valence-corrected chi connectivity index (χ2v) is 5.12. The van der Waals surface area contributed by atoms with Gasteiger partial charge >= 0.3 is 0 Å². The summed E-state index contributed by atoms with van der Waals surface area (Å²) in [5, 5.41) is 5.79. The molecule has 0 saturated carbocycles. The summed E-state index contributed by atoms with van der Waals surface area (Å²) in [6.45, 7) is 4.13. The summed E-state index contributed by atoms with van der Waals surface area (Å²) >= 11 is 3.19. The molecule has 7 heteroatoms. The third-order valence-corrected chi connectivity index (χ3v) is 3.26. The molecule has 0 saturated heterocycles. The van der Waals surface area contributed by atoms with Gasteiger partial charge in [0.2, 0.25) is 0 Å². The summed E-state index contributed by atoms with van der Waals surface area (Å²) in [6.07, 6.45) is -0.647. The molecule has 1 rings (SSSR count). The number of hydrogen-bond acceptors (Lipinski definition) is 3. The molecule has 1 aromatic rings. The van der Waals surface area contributed by atoms with Crippen LogP contribution in [0.2, 0.25) is 0 Å². The average Bonchev–Trinajstić information content (AvgIpc) is 2.38. The van der Waals surface area contributed by atoms with Crippen LogP contribution in [0.1, 0.15) is 13.8 Å². The maximum atomic E-state index is 12.9. The second-order valence-electron chi connectivity index (χ2n) is 4.27. The molecule has 2 unspecified atom stereocenters. The van der Waals surface area contributed by atoms with Crippen LogP contribution in [-0.2, 0) is 4.79 Å². The molecule has 4 nitrogen and oxygen atoms in total. The quantitative estimate of drug-likeness (QED) is 0.810. The molecule has 20 heavy (non-hydrogen) atoms. The van der Waals surface area contributed by atoms with Crippen molar-refractivity contribution < 1.29 is 13.9 Å². The number of hydrogen-bond donors (Lipinski definition) is 2. The first-order chi connectivity index (χ1) is 8.93. The molecule has 0 bridgehead atoms. The fraction of sp³-hybridized carbons (Fsp3) is 0.462. The molecule has 0 heterocycles. The van der Waals surface area contributed by atoms with E-state index in [1.165, 1.54) is 18.2 Å². The van der Waals surface area contributed by atoms with Gasteiger partial charge in [0.15, 0.2) is 6.10 Å². The number of rotatable bonds is 6. The molecular formula is C13H19BrClFN2O2. The lowest BCUT2D eigenvalue weighted by Gasteiger charge is -2.17. The molecule has 0 aliphatic carbocycles. The third kappa shape index (κ3) is 6.07. The predicted octanol–water partition coefficient (Wildman–Crippen LogP) is 2.50. The lowest BCUT2D eigenvalue weighted by atomic mass is 10.3. The Bertz CT molecular complexity index is 448. The van der Waals surface area contributed by atoms with E-state index < -0.39 is 6.10 Å². The van der Waals surface area contributed by atoms with Gasteiger partial charge in [-0.1, -0.05) is 0 Å². The highest BCUT2D eigenvalue weighted by atomic mass is 79.9. The van der Waals surface area contributed by atoms with Crippen molar-refractivity contribution in [2.75, 3.05) is 13.6 Å². The van der Waals surface area contributed by atoms with E-state index in [1.807, 2.05) is 14.0 Å². The van der Waals surface area contributed by atoms with Crippen molar-refractivity contribution in [1.29, 1.82) is 0 Å². The van der Waals surface area contributed by atoms with Crippen LogP contribution in [0.5, 0.6) is 5.75 Å². The minimum atomic E-state index is -0.647. The van der Waals surface area contributed by atoms with Gasteiger partial charge in [-0.15, -0.1) is 12.4 Å². The largest absolute Gasteiger partial charge is 0.480 e. The predicted molar refractivity (Wildman–Crippen MR) is 83.0 cm³/mol. The van der Waals surface area contributed by atoms with Gasteiger partial charge in [0.1, 0.15) is 11.6 Å². The lowest BCUT2D eigenvalue weighted by Crippen LogP contribution is -2.42. The zero-order valence-corrected chi connectivity index (χ0v) is 14.0. The highest BCUT2D eigenvalue weighted by molar-refractivity contribution is 9.10. The van der Waals surface area contributed by atoms with Crippen LogP contribution >= 0.6 is 28.3 Å². The van der Waals surface area contributed by atoms with Crippen LogP contribution < -0.4 is 15.4 Å². The minimum Gasteiger partial charge on any atom is -0.480 e. The van der Waals surface area contributed by atoms with Crippen molar-refractivity contribution in [3.8, 4) is 5.75 Å². The molecule has 0 aromatic heterocycles. The number of halogens is 3. The Kier molecular flexibility index (Phi) is 8.76. The van der Waals surface area contributed by atoms with Gasteiger partial charge in [-0.2, -0.15) is 0 Å². The van der Waals surface area contributed by atoms with E-state index in [9.17, 15) is 9.18 Å². The number of carbonyl (C=O) groups is 1. The summed E-state index contributed by atoms with van der Waals surface area (Å²) in [5.41, 5.74) is 0. The topological polar surface area (TPSA) is 50.4 Å². The van der Waals surface area contributed by atoms with Crippen molar-refractivity contribution in [1.82, 2.24) is 10.6 Å². The first kappa shape index (κ1) is 19.1. The Morgan fingerprint density at radius 2 is 2.10 bits per heavy atom. The highest BCUT2D eigenvalue weighted by Crippen LogP contribution is 2.26. The molecule has 0 aliphatic heterocycles. The number of nitrogens with one attached hydrogen (secondary N) is 2. The van der Waals surface area contributed by atoms with E-state index in [2.05, 4.69) is 26.6 Å². The Hall–Kier alpha value is -0.850. The van der Waals surface area contributed by atoms with Gasteiger partial charge < -0.3 is 15.4 Å². The zero-order valence-electron chi connectivity index (χ0n) is 11.6. The summed E-state index contributed by atoms with van der Waals surface area (Å²) < 4.78 is 18.9. The first-order valence-corrected chi connectivity index (χ1v) is 6.80. The maximum absolute atomic E-state index is 12.9. The Balaban J connectivity index is 0.00000361. The zero-order chi connectivity index (χ0) is 14.4. The van der Waals surface area contributed by atoms with E-state index in [0.717, 1.165) is 0 Å². The molecule has 1 aromatic carbocycles. The van der Waals surface area contributed by atoms with E-state index in [0.29, 0.717) is 16.8 Å². The monoisotopic (exact) mass is 368 g/mol. The van der Waals surface area contributed by atoms with Gasteiger partial charge in [-0.05, 0) is 55.0 Å². The fourth-order valence-electron chi connectivity index (χ4n) is 1.31. The summed E-state index contributed by atoms with van der Waals surface area (Å²) in [7, 11) is 1.83. The molecule has 2 N–H and O–H groups in total. The maximum Gasteiger partial charge on any atom is 0.260 e. The van der Waals surface area contributed by atoms with Crippen molar-refractivity contribution >= 4 is 34.2 Å². The van der Waals surface area contributed by atoms with Crippen LogP contribution in [0.15, 0.2) is 22.7 Å². The van der Waals surface area contributed by atoms with E-state index in [-0.39, 0.29) is 30.2 Å². The molecule has 114 valence electrons. The van der Waals surface area contributed by atoms with Crippen LogP contribution in [0.25, 0.3) is 0 Å². The van der Waals surface area contributed by atoms with Crippen molar-refractivity contribution in [2.24, 2.45) is 0 Å². The molecule has 0 radical (unpaired) electrons. The molecule has 1 amide bonds. The number of benzene rings is 1. The minimum absolute atomic E-state index is 0. The average molecular weight is 370 g/mol.